The minimum absolute atomic E-state index is 0.178. The van der Waals surface area contributed by atoms with E-state index in [2.05, 4.69) is 10.3 Å². The maximum atomic E-state index is 13.3. The highest BCUT2D eigenvalue weighted by Gasteiger charge is 2.14. The molecule has 0 atom stereocenters. The van der Waals surface area contributed by atoms with E-state index in [1.165, 1.54) is 23.5 Å². The predicted molar refractivity (Wildman–Crippen MR) is 112 cm³/mol. The fraction of sp³-hybridized carbons (Fsp3) is 0.273. The molecule has 1 amide bonds. The molecule has 2 aromatic carbocycles. The number of carbonyl (C=O) groups is 1. The Morgan fingerprint density at radius 1 is 1.21 bits per heavy atom. The molecule has 0 aliphatic carbocycles. The zero-order valence-electron chi connectivity index (χ0n) is 16.6. The molecule has 0 spiro atoms. The number of methoxy groups -OCH3 is 1. The number of thiazole rings is 1. The molecule has 5 nitrogen and oxygen atoms in total. The Hall–Kier alpha value is -2.93. The normalized spacial score (nSPS) is 10.8. The summed E-state index contributed by atoms with van der Waals surface area (Å²) in [7, 11) is 1.56. The monoisotopic (exact) mass is 414 g/mol. The van der Waals surface area contributed by atoms with Crippen molar-refractivity contribution in [1.82, 2.24) is 10.3 Å². The van der Waals surface area contributed by atoms with E-state index in [1.807, 2.05) is 26.0 Å². The molecule has 0 aliphatic rings. The second kappa shape index (κ2) is 9.52. The summed E-state index contributed by atoms with van der Waals surface area (Å²) in [6, 6.07) is 11.7. The van der Waals surface area contributed by atoms with Crippen LogP contribution in [-0.2, 0) is 6.61 Å². The third kappa shape index (κ3) is 5.54. The molecule has 1 aromatic heterocycles. The number of nitrogens with zero attached hydrogens (tertiary/aromatic N) is 1. The van der Waals surface area contributed by atoms with E-state index >= 15 is 0 Å². The maximum Gasteiger partial charge on any atom is 0.270 e. The van der Waals surface area contributed by atoms with Crippen LogP contribution in [0.5, 0.6) is 11.5 Å². The van der Waals surface area contributed by atoms with Crippen LogP contribution in [0, 0.1) is 11.7 Å². The molecule has 1 heterocycles. The van der Waals surface area contributed by atoms with Gasteiger partial charge in [-0.25, -0.2) is 9.37 Å². The van der Waals surface area contributed by atoms with Crippen molar-refractivity contribution < 1.29 is 18.7 Å². The predicted octanol–water partition coefficient (Wildman–Crippen LogP) is 4.92. The van der Waals surface area contributed by atoms with Crippen molar-refractivity contribution in [2.75, 3.05) is 13.7 Å². The van der Waals surface area contributed by atoms with Gasteiger partial charge in [-0.3, -0.25) is 4.79 Å². The van der Waals surface area contributed by atoms with Crippen LogP contribution in [0.15, 0.2) is 47.8 Å². The number of rotatable bonds is 8. The van der Waals surface area contributed by atoms with Gasteiger partial charge in [-0.1, -0.05) is 26.0 Å². The Bertz CT molecular complexity index is 988. The molecule has 0 saturated carbocycles. The van der Waals surface area contributed by atoms with Gasteiger partial charge in [0.1, 0.15) is 23.1 Å². The van der Waals surface area contributed by atoms with Crippen LogP contribution >= 0.6 is 11.3 Å². The minimum atomic E-state index is -0.301. The fourth-order valence-electron chi connectivity index (χ4n) is 2.61. The Morgan fingerprint density at radius 2 is 2.03 bits per heavy atom. The molecular weight excluding hydrogens is 391 g/mol. The van der Waals surface area contributed by atoms with E-state index in [-0.39, 0.29) is 18.3 Å². The van der Waals surface area contributed by atoms with Gasteiger partial charge in [0.25, 0.3) is 5.91 Å². The number of benzene rings is 2. The highest BCUT2D eigenvalue weighted by atomic mass is 32.1. The van der Waals surface area contributed by atoms with Gasteiger partial charge < -0.3 is 14.8 Å². The molecule has 3 aromatic rings. The molecule has 7 heteroatoms. The molecule has 0 aliphatic heterocycles. The first-order valence-electron chi connectivity index (χ1n) is 9.25. The highest BCUT2D eigenvalue weighted by Crippen LogP contribution is 2.34. The van der Waals surface area contributed by atoms with E-state index in [0.29, 0.717) is 29.7 Å². The summed E-state index contributed by atoms with van der Waals surface area (Å²) in [6.07, 6.45) is 0. The van der Waals surface area contributed by atoms with Crippen LogP contribution in [0.2, 0.25) is 0 Å². The second-order valence-electron chi connectivity index (χ2n) is 6.93. The summed E-state index contributed by atoms with van der Waals surface area (Å²) < 4.78 is 24.5. The van der Waals surface area contributed by atoms with Gasteiger partial charge in [-0.2, -0.15) is 0 Å². The topological polar surface area (TPSA) is 60.5 Å². The molecule has 3 rings (SSSR count). The number of carbonyl (C=O) groups excluding carboxylic acids is 1. The van der Waals surface area contributed by atoms with Crippen LogP contribution in [0.25, 0.3) is 10.6 Å². The van der Waals surface area contributed by atoms with Crippen molar-refractivity contribution in [3.63, 3.8) is 0 Å². The Balaban J connectivity index is 1.72. The highest BCUT2D eigenvalue weighted by molar-refractivity contribution is 7.13. The minimum Gasteiger partial charge on any atom is -0.493 e. The number of hydrogen-bond acceptors (Lipinski definition) is 5. The van der Waals surface area contributed by atoms with Crippen LogP contribution in [0.1, 0.15) is 29.9 Å². The summed E-state index contributed by atoms with van der Waals surface area (Å²) in [6.45, 7) is 4.91. The molecule has 0 unspecified atom stereocenters. The quantitative estimate of drug-likeness (QED) is 0.568. The lowest BCUT2D eigenvalue weighted by Crippen LogP contribution is -2.27. The van der Waals surface area contributed by atoms with Crippen LogP contribution < -0.4 is 14.8 Å². The third-order valence-electron chi connectivity index (χ3n) is 4.10. The summed E-state index contributed by atoms with van der Waals surface area (Å²) in [5.74, 6) is 0.988. The van der Waals surface area contributed by atoms with Gasteiger partial charge in [0.05, 0.1) is 7.11 Å². The van der Waals surface area contributed by atoms with Crippen molar-refractivity contribution in [2.45, 2.75) is 20.5 Å². The van der Waals surface area contributed by atoms with Crippen molar-refractivity contribution >= 4 is 17.2 Å². The van der Waals surface area contributed by atoms with Crippen molar-refractivity contribution in [3.05, 3.63) is 64.9 Å². The molecule has 29 heavy (non-hydrogen) atoms. The van der Waals surface area contributed by atoms with Crippen molar-refractivity contribution in [2.24, 2.45) is 5.92 Å². The van der Waals surface area contributed by atoms with Crippen LogP contribution in [-0.4, -0.2) is 24.5 Å². The smallest absolute Gasteiger partial charge is 0.270 e. The van der Waals surface area contributed by atoms with E-state index in [4.69, 9.17) is 9.47 Å². The average molecular weight is 415 g/mol. The first-order chi connectivity index (χ1) is 14.0. The van der Waals surface area contributed by atoms with Gasteiger partial charge in [0.2, 0.25) is 0 Å². The van der Waals surface area contributed by atoms with Crippen molar-refractivity contribution in [3.8, 4) is 22.1 Å². The molecule has 152 valence electrons. The van der Waals surface area contributed by atoms with Gasteiger partial charge in [0, 0.05) is 17.5 Å². The average Bonchev–Trinajstić information content (AvgIpc) is 3.20. The Kier molecular flexibility index (Phi) is 6.82. The zero-order valence-corrected chi connectivity index (χ0v) is 17.4. The number of hydrogen-bond donors (Lipinski definition) is 1. The van der Waals surface area contributed by atoms with E-state index < -0.39 is 0 Å². The van der Waals surface area contributed by atoms with Crippen LogP contribution in [0.3, 0.4) is 0 Å². The lowest BCUT2D eigenvalue weighted by atomic mass is 10.2. The molecule has 0 saturated heterocycles. The van der Waals surface area contributed by atoms with Gasteiger partial charge in [-0.05, 0) is 41.8 Å². The number of halogens is 1. The summed E-state index contributed by atoms with van der Waals surface area (Å²) >= 11 is 1.39. The molecular formula is C22H23FN2O3S. The van der Waals surface area contributed by atoms with Gasteiger partial charge >= 0.3 is 0 Å². The Labute approximate surface area is 173 Å². The summed E-state index contributed by atoms with van der Waals surface area (Å²) in [5, 5.41) is 5.32. The number of ether oxygens (including phenoxy) is 2. The zero-order chi connectivity index (χ0) is 20.8. The molecule has 0 radical (unpaired) electrons. The van der Waals surface area contributed by atoms with Gasteiger partial charge in [0.15, 0.2) is 11.5 Å². The fourth-order valence-corrected chi connectivity index (χ4v) is 3.40. The Morgan fingerprint density at radius 3 is 2.76 bits per heavy atom. The third-order valence-corrected chi connectivity index (χ3v) is 4.99. The van der Waals surface area contributed by atoms with E-state index in [1.54, 1.807) is 30.7 Å². The lowest BCUT2D eigenvalue weighted by molar-refractivity contribution is 0.0945. The number of nitrogens with one attached hydrogen (secondary N) is 1. The van der Waals surface area contributed by atoms with Crippen molar-refractivity contribution in [1.29, 1.82) is 0 Å². The largest absolute Gasteiger partial charge is 0.493 e. The van der Waals surface area contributed by atoms with E-state index in [0.717, 1.165) is 16.1 Å². The van der Waals surface area contributed by atoms with E-state index in [9.17, 15) is 9.18 Å². The SMILES string of the molecule is COc1cc(-c2nc(C(=O)NCC(C)C)cs2)ccc1OCc1cccc(F)c1. The lowest BCUT2D eigenvalue weighted by Gasteiger charge is -2.12. The molecule has 0 bridgehead atoms. The molecule has 1 N–H and O–H groups in total. The first kappa shape index (κ1) is 20.8. The molecule has 0 fully saturated rings. The summed E-state index contributed by atoms with van der Waals surface area (Å²) in [4.78, 5) is 16.6. The first-order valence-corrected chi connectivity index (χ1v) is 10.1. The summed E-state index contributed by atoms with van der Waals surface area (Å²) in [5.41, 5.74) is 1.96. The number of aromatic nitrogens is 1. The maximum absolute atomic E-state index is 13.3. The number of amides is 1. The van der Waals surface area contributed by atoms with Crippen LogP contribution in [0.4, 0.5) is 4.39 Å². The standard InChI is InChI=1S/C22H23FN2O3S/c1-14(2)11-24-21(26)18-13-29-22(25-18)16-7-8-19(20(10-16)27-3)28-12-15-5-4-6-17(23)9-15/h4-10,13-14H,11-12H2,1-3H3,(H,24,26). The van der Waals surface area contributed by atoms with Gasteiger partial charge in [-0.15, -0.1) is 11.3 Å². The second-order valence-corrected chi connectivity index (χ2v) is 7.78.